The maximum atomic E-state index is 12.2. The molecule has 0 amide bonds. The zero-order valence-electron chi connectivity index (χ0n) is 10.4. The van der Waals surface area contributed by atoms with E-state index in [4.69, 9.17) is 4.74 Å². The predicted octanol–water partition coefficient (Wildman–Crippen LogP) is 1.31. The van der Waals surface area contributed by atoms with Gasteiger partial charge in [0.2, 0.25) is 0 Å². The summed E-state index contributed by atoms with van der Waals surface area (Å²) in [4.78, 5) is 0.287. The van der Waals surface area contributed by atoms with Gasteiger partial charge in [-0.2, -0.15) is 0 Å². The van der Waals surface area contributed by atoms with Crippen molar-refractivity contribution in [3.63, 3.8) is 0 Å². The fourth-order valence-corrected chi connectivity index (χ4v) is 3.54. The Hall–Kier alpha value is -0.910. The molecular formula is C13H18O4S. The molecule has 0 spiro atoms. The summed E-state index contributed by atoms with van der Waals surface area (Å²) >= 11 is 0. The molecular weight excluding hydrogens is 252 g/mol. The van der Waals surface area contributed by atoms with Crippen LogP contribution in [0.5, 0.6) is 0 Å². The Labute approximate surface area is 108 Å². The van der Waals surface area contributed by atoms with Crippen LogP contribution in [0.3, 0.4) is 0 Å². The van der Waals surface area contributed by atoms with Crippen LogP contribution in [0.2, 0.25) is 0 Å². The van der Waals surface area contributed by atoms with Gasteiger partial charge in [0.1, 0.15) is 0 Å². The van der Waals surface area contributed by atoms with Crippen molar-refractivity contribution in [3.8, 4) is 0 Å². The van der Waals surface area contributed by atoms with Crippen molar-refractivity contribution in [2.45, 2.75) is 36.9 Å². The number of aliphatic hydroxyl groups is 1. The quantitative estimate of drug-likeness (QED) is 0.899. The molecule has 1 saturated heterocycles. The van der Waals surface area contributed by atoms with Gasteiger partial charge >= 0.3 is 0 Å². The molecule has 18 heavy (non-hydrogen) atoms. The number of hydrogen-bond acceptors (Lipinski definition) is 4. The second-order valence-corrected chi connectivity index (χ2v) is 6.75. The molecule has 0 radical (unpaired) electrons. The summed E-state index contributed by atoms with van der Waals surface area (Å²) < 4.78 is 29.7. The summed E-state index contributed by atoms with van der Waals surface area (Å²) in [5.41, 5.74) is 1.02. The first-order valence-corrected chi connectivity index (χ1v) is 7.73. The van der Waals surface area contributed by atoms with Crippen molar-refractivity contribution < 1.29 is 18.3 Å². The van der Waals surface area contributed by atoms with Gasteiger partial charge in [0, 0.05) is 6.61 Å². The summed E-state index contributed by atoms with van der Waals surface area (Å²) in [5, 5.41) is 9.73. The lowest BCUT2D eigenvalue weighted by Gasteiger charge is -2.27. The van der Waals surface area contributed by atoms with E-state index >= 15 is 0 Å². The van der Waals surface area contributed by atoms with Gasteiger partial charge in [0.05, 0.1) is 22.9 Å². The average molecular weight is 270 g/mol. The van der Waals surface area contributed by atoms with E-state index in [2.05, 4.69) is 0 Å². The maximum Gasteiger partial charge on any atom is 0.181 e. The van der Waals surface area contributed by atoms with Crippen molar-refractivity contribution in [2.75, 3.05) is 12.4 Å². The number of rotatable bonds is 3. The topological polar surface area (TPSA) is 63.6 Å². The molecule has 1 N–H and O–H groups in total. The van der Waals surface area contributed by atoms with Crippen LogP contribution in [-0.4, -0.2) is 38.1 Å². The first-order valence-electron chi connectivity index (χ1n) is 6.08. The highest BCUT2D eigenvalue weighted by atomic mass is 32.2. The number of sulfone groups is 1. The SMILES string of the molecule is Cc1ccc(S(=O)(=O)C[C@@H]2OCCC[C@H]2O)cc1. The van der Waals surface area contributed by atoms with Crippen LogP contribution in [0.4, 0.5) is 0 Å². The third-order valence-corrected chi connectivity index (χ3v) is 4.93. The molecule has 1 aromatic rings. The van der Waals surface area contributed by atoms with Gasteiger partial charge in [-0.25, -0.2) is 8.42 Å². The molecule has 0 unspecified atom stereocenters. The highest BCUT2D eigenvalue weighted by Crippen LogP contribution is 2.19. The lowest BCUT2D eigenvalue weighted by molar-refractivity contribution is -0.0615. The Morgan fingerprint density at radius 2 is 2.00 bits per heavy atom. The van der Waals surface area contributed by atoms with Gasteiger partial charge in [-0.15, -0.1) is 0 Å². The smallest absolute Gasteiger partial charge is 0.181 e. The Bertz CT molecular complexity index is 492. The van der Waals surface area contributed by atoms with Gasteiger partial charge < -0.3 is 9.84 Å². The van der Waals surface area contributed by atoms with Crippen LogP contribution in [0.25, 0.3) is 0 Å². The number of benzene rings is 1. The number of aryl methyl sites for hydroxylation is 1. The molecule has 0 aromatic heterocycles. The Kier molecular flexibility index (Phi) is 4.04. The highest BCUT2D eigenvalue weighted by Gasteiger charge is 2.29. The summed E-state index contributed by atoms with van der Waals surface area (Å²) in [6, 6.07) is 6.73. The van der Waals surface area contributed by atoms with Gasteiger partial charge in [0.25, 0.3) is 0 Å². The summed E-state index contributed by atoms with van der Waals surface area (Å²) in [6.45, 7) is 2.43. The zero-order chi connectivity index (χ0) is 13.2. The summed E-state index contributed by atoms with van der Waals surface area (Å²) in [7, 11) is -3.39. The largest absolute Gasteiger partial charge is 0.390 e. The lowest BCUT2D eigenvalue weighted by atomic mass is 10.1. The first-order chi connectivity index (χ1) is 8.49. The normalized spacial score (nSPS) is 25.0. The van der Waals surface area contributed by atoms with E-state index in [-0.39, 0.29) is 10.6 Å². The maximum absolute atomic E-state index is 12.2. The van der Waals surface area contributed by atoms with Gasteiger partial charge in [-0.05, 0) is 31.9 Å². The molecule has 0 saturated carbocycles. The molecule has 100 valence electrons. The van der Waals surface area contributed by atoms with E-state index in [0.29, 0.717) is 13.0 Å². The predicted molar refractivity (Wildman–Crippen MR) is 68.2 cm³/mol. The van der Waals surface area contributed by atoms with Crippen molar-refractivity contribution in [2.24, 2.45) is 0 Å². The van der Waals surface area contributed by atoms with Crippen LogP contribution in [-0.2, 0) is 14.6 Å². The molecule has 1 aromatic carbocycles. The lowest BCUT2D eigenvalue weighted by Crippen LogP contribution is -2.39. The van der Waals surface area contributed by atoms with E-state index < -0.39 is 22.0 Å². The number of aliphatic hydroxyl groups excluding tert-OH is 1. The molecule has 4 nitrogen and oxygen atoms in total. The molecule has 2 atom stereocenters. The molecule has 1 aliphatic rings. The number of ether oxygens (including phenoxy) is 1. The average Bonchev–Trinajstić information content (AvgIpc) is 2.32. The van der Waals surface area contributed by atoms with Crippen LogP contribution in [0.15, 0.2) is 29.2 Å². The molecule has 0 aliphatic carbocycles. The van der Waals surface area contributed by atoms with Crippen LogP contribution in [0.1, 0.15) is 18.4 Å². The summed E-state index contributed by atoms with van der Waals surface area (Å²) in [6.07, 6.45) is 0.0973. The molecule has 1 fully saturated rings. The van der Waals surface area contributed by atoms with Gasteiger partial charge in [0.15, 0.2) is 9.84 Å². The Morgan fingerprint density at radius 1 is 1.33 bits per heavy atom. The highest BCUT2D eigenvalue weighted by molar-refractivity contribution is 7.91. The van der Waals surface area contributed by atoms with Crippen molar-refractivity contribution in [1.82, 2.24) is 0 Å². The molecule has 1 aliphatic heterocycles. The van der Waals surface area contributed by atoms with Crippen LogP contribution < -0.4 is 0 Å². The fourth-order valence-electron chi connectivity index (χ4n) is 2.04. The third-order valence-electron chi connectivity index (χ3n) is 3.17. The summed E-state index contributed by atoms with van der Waals surface area (Å²) in [5.74, 6) is -0.156. The number of hydrogen-bond donors (Lipinski definition) is 1. The second-order valence-electron chi connectivity index (χ2n) is 4.71. The standard InChI is InChI=1S/C13H18O4S/c1-10-4-6-11(7-5-10)18(15,16)9-13-12(14)3-2-8-17-13/h4-7,12-14H,2-3,8-9H2,1H3/t12-,13+/m1/s1. The van der Waals surface area contributed by atoms with Crippen LogP contribution >= 0.6 is 0 Å². The van der Waals surface area contributed by atoms with Gasteiger partial charge in [-0.3, -0.25) is 0 Å². The molecule has 2 rings (SSSR count). The Morgan fingerprint density at radius 3 is 2.61 bits per heavy atom. The van der Waals surface area contributed by atoms with E-state index in [1.807, 2.05) is 6.92 Å². The van der Waals surface area contributed by atoms with Crippen molar-refractivity contribution >= 4 is 9.84 Å². The molecule has 5 heteroatoms. The monoisotopic (exact) mass is 270 g/mol. The van der Waals surface area contributed by atoms with E-state index in [9.17, 15) is 13.5 Å². The minimum Gasteiger partial charge on any atom is -0.390 e. The minimum absolute atomic E-state index is 0.156. The second kappa shape index (κ2) is 5.38. The zero-order valence-corrected chi connectivity index (χ0v) is 11.2. The van der Waals surface area contributed by atoms with Gasteiger partial charge in [-0.1, -0.05) is 17.7 Å². The van der Waals surface area contributed by atoms with E-state index in [1.54, 1.807) is 24.3 Å². The Balaban J connectivity index is 2.13. The van der Waals surface area contributed by atoms with Crippen molar-refractivity contribution in [1.29, 1.82) is 0 Å². The molecule has 0 bridgehead atoms. The van der Waals surface area contributed by atoms with E-state index in [1.165, 1.54) is 0 Å². The van der Waals surface area contributed by atoms with Crippen molar-refractivity contribution in [3.05, 3.63) is 29.8 Å². The minimum atomic E-state index is -3.39. The van der Waals surface area contributed by atoms with E-state index in [0.717, 1.165) is 12.0 Å². The fraction of sp³-hybridized carbons (Fsp3) is 0.538. The van der Waals surface area contributed by atoms with Crippen LogP contribution in [0, 0.1) is 6.92 Å². The molecule has 1 heterocycles. The third kappa shape index (κ3) is 3.10. The first kappa shape index (κ1) is 13.5.